The summed E-state index contributed by atoms with van der Waals surface area (Å²) in [5.41, 5.74) is 0. The molecule has 9 heteroatoms. The van der Waals surface area contributed by atoms with Gasteiger partial charge in [-0.2, -0.15) is 0 Å². The number of rotatable bonds is 7. The van der Waals surface area contributed by atoms with E-state index in [-0.39, 0.29) is 0 Å². The Morgan fingerprint density at radius 1 is 0.762 bits per heavy atom. The lowest BCUT2D eigenvalue weighted by atomic mass is 10.0. The van der Waals surface area contributed by atoms with E-state index in [0.717, 1.165) is 20.8 Å². The third kappa shape index (κ3) is 6.89. The van der Waals surface area contributed by atoms with E-state index in [2.05, 4.69) is 0 Å². The Bertz CT molecular complexity index is 375. The van der Waals surface area contributed by atoms with Crippen molar-refractivity contribution in [1.29, 1.82) is 0 Å². The van der Waals surface area contributed by atoms with Crippen molar-refractivity contribution in [3.63, 3.8) is 0 Å². The summed E-state index contributed by atoms with van der Waals surface area (Å²) >= 11 is 0. The lowest BCUT2D eigenvalue weighted by Gasteiger charge is -2.25. The third-order valence-electron chi connectivity index (χ3n) is 2.35. The maximum absolute atomic E-state index is 12.0. The molecule has 0 aliphatic carbocycles. The van der Waals surface area contributed by atoms with Gasteiger partial charge in [0.1, 0.15) is 0 Å². The Labute approximate surface area is 124 Å². The zero-order valence-electron chi connectivity index (χ0n) is 12.8. The summed E-state index contributed by atoms with van der Waals surface area (Å²) in [4.78, 5) is 45.5. The summed E-state index contributed by atoms with van der Waals surface area (Å²) in [7, 11) is -4.54. The topological polar surface area (TPSA) is 105 Å². The Hall–Kier alpha value is -1.90. The summed E-state index contributed by atoms with van der Waals surface area (Å²) in [6.45, 7) is 6.57. The van der Waals surface area contributed by atoms with E-state index < -0.39 is 38.8 Å². The van der Waals surface area contributed by atoms with Crippen LogP contribution in [0.4, 0.5) is 0 Å². The first-order chi connectivity index (χ1) is 9.65. The Kier molecular flexibility index (Phi) is 7.64. The normalized spacial score (nSPS) is 10.8. The second-order valence-electron chi connectivity index (χ2n) is 4.22. The van der Waals surface area contributed by atoms with Gasteiger partial charge in [-0.05, 0) is 12.8 Å². The zero-order chi connectivity index (χ0) is 16.6. The quantitative estimate of drug-likeness (QED) is 0.642. The van der Waals surface area contributed by atoms with Crippen molar-refractivity contribution < 1.29 is 36.9 Å². The van der Waals surface area contributed by atoms with Gasteiger partial charge in [0, 0.05) is 20.8 Å². The van der Waals surface area contributed by atoms with Crippen LogP contribution in [0.2, 0.25) is 0 Å². The molecule has 0 bridgehead atoms. The van der Waals surface area contributed by atoms with Crippen molar-refractivity contribution in [1.82, 2.24) is 0 Å². The van der Waals surface area contributed by atoms with Gasteiger partial charge in [0.05, 0.1) is 5.92 Å². The highest BCUT2D eigenvalue weighted by molar-refractivity contribution is 6.60. The van der Waals surface area contributed by atoms with Crippen LogP contribution in [-0.2, 0) is 36.9 Å². The van der Waals surface area contributed by atoms with Crippen LogP contribution in [0.5, 0.6) is 0 Å². The molecule has 0 radical (unpaired) electrons. The van der Waals surface area contributed by atoms with Gasteiger partial charge in [-0.1, -0.05) is 13.8 Å². The molecule has 120 valence electrons. The average Bonchev–Trinajstić information content (AvgIpc) is 2.26. The number of hydrogen-bond acceptors (Lipinski definition) is 8. The molecule has 0 N–H and O–H groups in total. The molecule has 21 heavy (non-hydrogen) atoms. The Morgan fingerprint density at radius 3 is 1.33 bits per heavy atom. The average molecular weight is 320 g/mol. The maximum atomic E-state index is 12.0. The monoisotopic (exact) mass is 320 g/mol. The van der Waals surface area contributed by atoms with Crippen molar-refractivity contribution in [2.24, 2.45) is 5.92 Å². The summed E-state index contributed by atoms with van der Waals surface area (Å²) in [5, 5.41) is 0. The summed E-state index contributed by atoms with van der Waals surface area (Å²) < 4.78 is 19.2. The Balaban J connectivity index is 5.40. The highest BCUT2D eigenvalue weighted by atomic mass is 28.4. The van der Waals surface area contributed by atoms with Crippen LogP contribution in [0.1, 0.15) is 47.5 Å². The van der Waals surface area contributed by atoms with Crippen molar-refractivity contribution in [3.8, 4) is 0 Å². The molecule has 0 aliphatic rings. The summed E-state index contributed by atoms with van der Waals surface area (Å²) in [5.74, 6) is -3.95. The summed E-state index contributed by atoms with van der Waals surface area (Å²) in [6.07, 6.45) is 0.944. The first-order valence-electron chi connectivity index (χ1n) is 6.47. The maximum Gasteiger partial charge on any atom is 0.974 e. The van der Waals surface area contributed by atoms with Crippen LogP contribution in [0.25, 0.3) is 0 Å². The van der Waals surface area contributed by atoms with E-state index in [4.69, 9.17) is 17.7 Å². The van der Waals surface area contributed by atoms with Gasteiger partial charge in [-0.15, -0.1) is 0 Å². The van der Waals surface area contributed by atoms with Gasteiger partial charge in [0.25, 0.3) is 17.9 Å². The molecule has 0 rings (SSSR count). The first-order valence-corrected chi connectivity index (χ1v) is 8.10. The molecular weight excluding hydrogens is 300 g/mol. The van der Waals surface area contributed by atoms with Gasteiger partial charge in [-0.25, -0.2) is 0 Å². The van der Waals surface area contributed by atoms with Crippen LogP contribution in [0.3, 0.4) is 0 Å². The van der Waals surface area contributed by atoms with Crippen molar-refractivity contribution in [3.05, 3.63) is 0 Å². The molecule has 0 atom stereocenters. The minimum Gasteiger partial charge on any atom is -0.423 e. The molecule has 0 spiro atoms. The lowest BCUT2D eigenvalue weighted by molar-refractivity contribution is -0.162. The van der Waals surface area contributed by atoms with Crippen molar-refractivity contribution >= 4 is 32.9 Å². The largest absolute Gasteiger partial charge is 0.974 e. The molecule has 0 heterocycles. The van der Waals surface area contributed by atoms with Crippen LogP contribution >= 0.6 is 0 Å². The predicted octanol–water partition coefficient (Wildman–Crippen LogP) is 1.09. The molecular formula is C12H20O8Si. The van der Waals surface area contributed by atoms with Crippen molar-refractivity contribution in [2.45, 2.75) is 47.5 Å². The van der Waals surface area contributed by atoms with E-state index in [9.17, 15) is 19.2 Å². The van der Waals surface area contributed by atoms with E-state index in [0.29, 0.717) is 12.8 Å². The molecule has 0 saturated carbocycles. The number of carbonyl (C=O) groups is 4. The van der Waals surface area contributed by atoms with Crippen LogP contribution in [0.15, 0.2) is 0 Å². The molecule has 8 nitrogen and oxygen atoms in total. The van der Waals surface area contributed by atoms with Gasteiger partial charge < -0.3 is 17.7 Å². The first kappa shape index (κ1) is 19.1. The molecule has 0 aromatic rings. The van der Waals surface area contributed by atoms with E-state index in [1.807, 2.05) is 0 Å². The van der Waals surface area contributed by atoms with Crippen LogP contribution in [0, 0.1) is 5.92 Å². The van der Waals surface area contributed by atoms with Gasteiger partial charge in [-0.3, -0.25) is 19.2 Å². The lowest BCUT2D eigenvalue weighted by Crippen LogP contribution is -2.54. The highest BCUT2D eigenvalue weighted by Crippen LogP contribution is 2.19. The van der Waals surface area contributed by atoms with Gasteiger partial charge in [0.2, 0.25) is 0 Å². The fourth-order valence-corrected chi connectivity index (χ4v) is 3.20. The molecule has 0 fully saturated rings. The van der Waals surface area contributed by atoms with Crippen molar-refractivity contribution in [2.75, 3.05) is 0 Å². The highest BCUT2D eigenvalue weighted by Gasteiger charge is 2.62. The van der Waals surface area contributed by atoms with E-state index in [1.165, 1.54) is 0 Å². The number of carbonyl (C=O) groups excluding carboxylic acids is 4. The molecule has 0 unspecified atom stereocenters. The SMILES string of the molecule is CCC(CC)C(=O)O[Si](OC(C)=O)(OC(C)=O)OC(C)=O. The fraction of sp³-hybridized carbons (Fsp3) is 0.667. The molecule has 0 saturated heterocycles. The smallest absolute Gasteiger partial charge is 0.423 e. The van der Waals surface area contributed by atoms with E-state index in [1.54, 1.807) is 13.8 Å². The van der Waals surface area contributed by atoms with Crippen LogP contribution < -0.4 is 0 Å². The number of hydrogen-bond donors (Lipinski definition) is 0. The minimum atomic E-state index is -4.54. The third-order valence-corrected chi connectivity index (χ3v) is 4.41. The fourth-order valence-electron chi connectivity index (χ4n) is 1.48. The van der Waals surface area contributed by atoms with Gasteiger partial charge in [0.15, 0.2) is 0 Å². The molecule has 0 aromatic carbocycles. The summed E-state index contributed by atoms with van der Waals surface area (Å²) in [6, 6.07) is 0. The molecule has 0 aliphatic heterocycles. The molecule has 0 aromatic heterocycles. The zero-order valence-corrected chi connectivity index (χ0v) is 13.8. The second-order valence-corrected chi connectivity index (χ2v) is 6.03. The minimum absolute atomic E-state index is 0.472. The standard InChI is InChI=1S/C12H20O8Si/c1-6-11(7-2)12(16)20-21(17-8(3)13,18-9(4)14)19-10(5)15/h11H,6-7H2,1-5H3. The van der Waals surface area contributed by atoms with Crippen LogP contribution in [-0.4, -0.2) is 32.9 Å². The Morgan fingerprint density at radius 2 is 1.10 bits per heavy atom. The molecule has 0 amide bonds. The predicted molar refractivity (Wildman–Crippen MR) is 71.2 cm³/mol. The second kappa shape index (κ2) is 8.40. The van der Waals surface area contributed by atoms with E-state index >= 15 is 0 Å². The van der Waals surface area contributed by atoms with Gasteiger partial charge >= 0.3 is 15.0 Å².